The Labute approximate surface area is 67.6 Å². The molecule has 0 aromatic heterocycles. The second-order valence-electron chi connectivity index (χ2n) is 2.73. The Morgan fingerprint density at radius 3 is 2.91 bits per heavy atom. The first-order chi connectivity index (χ1) is 5.36. The highest BCUT2D eigenvalue weighted by molar-refractivity contribution is 4.66. The fourth-order valence-corrected chi connectivity index (χ4v) is 1.10. The summed E-state index contributed by atoms with van der Waals surface area (Å²) in [5.74, 6) is 0. The Kier molecular flexibility index (Phi) is 3.83. The molecule has 0 bridgehead atoms. The zero-order chi connectivity index (χ0) is 8.10. The van der Waals surface area contributed by atoms with Crippen molar-refractivity contribution in [1.82, 2.24) is 0 Å². The summed E-state index contributed by atoms with van der Waals surface area (Å²) in [6, 6.07) is 0. The molecular weight excluding hydrogens is 144 g/mol. The summed E-state index contributed by atoms with van der Waals surface area (Å²) in [7, 11) is 1.70. The molecular formula is C8H16O3. The summed E-state index contributed by atoms with van der Waals surface area (Å²) in [6.07, 6.45) is 2.12. The zero-order valence-electron chi connectivity index (χ0n) is 7.21. The van der Waals surface area contributed by atoms with Crippen LogP contribution in [0.3, 0.4) is 0 Å². The molecule has 1 fully saturated rings. The molecule has 0 aromatic rings. The first-order valence-corrected chi connectivity index (χ1v) is 4.12. The van der Waals surface area contributed by atoms with E-state index in [4.69, 9.17) is 14.2 Å². The number of ether oxygens (including phenoxy) is 3. The predicted octanol–water partition coefficient (Wildman–Crippen LogP) is 1.17. The van der Waals surface area contributed by atoms with Crippen LogP contribution in [-0.2, 0) is 14.2 Å². The maximum atomic E-state index is 5.38. The second kappa shape index (κ2) is 4.70. The molecule has 0 saturated carbocycles. The summed E-state index contributed by atoms with van der Waals surface area (Å²) >= 11 is 0. The van der Waals surface area contributed by atoms with Gasteiger partial charge < -0.3 is 14.2 Å². The van der Waals surface area contributed by atoms with Gasteiger partial charge in [0.05, 0.1) is 12.7 Å². The lowest BCUT2D eigenvalue weighted by Crippen LogP contribution is -2.12. The highest BCUT2D eigenvalue weighted by atomic mass is 16.7. The summed E-state index contributed by atoms with van der Waals surface area (Å²) in [5, 5.41) is 0. The van der Waals surface area contributed by atoms with Crippen LogP contribution in [0, 0.1) is 0 Å². The van der Waals surface area contributed by atoms with Gasteiger partial charge >= 0.3 is 0 Å². The molecule has 0 aromatic carbocycles. The van der Waals surface area contributed by atoms with Gasteiger partial charge in [-0.25, -0.2) is 0 Å². The second-order valence-corrected chi connectivity index (χ2v) is 2.73. The molecule has 0 radical (unpaired) electrons. The van der Waals surface area contributed by atoms with Crippen molar-refractivity contribution >= 4 is 0 Å². The van der Waals surface area contributed by atoms with E-state index in [2.05, 4.69) is 6.92 Å². The number of methoxy groups -OCH3 is 1. The molecule has 0 amide bonds. The lowest BCUT2D eigenvalue weighted by molar-refractivity contribution is -0.110. The van der Waals surface area contributed by atoms with Crippen molar-refractivity contribution in [1.29, 1.82) is 0 Å². The molecule has 1 aliphatic rings. The minimum atomic E-state index is -0.0279. The Morgan fingerprint density at radius 1 is 1.55 bits per heavy atom. The van der Waals surface area contributed by atoms with E-state index in [1.54, 1.807) is 7.11 Å². The quantitative estimate of drug-likeness (QED) is 0.618. The Hall–Kier alpha value is -0.120. The average Bonchev–Trinajstić information content (AvgIpc) is 2.48. The number of rotatable bonds is 4. The fourth-order valence-electron chi connectivity index (χ4n) is 1.10. The summed E-state index contributed by atoms with van der Waals surface area (Å²) in [5.41, 5.74) is 0. The highest BCUT2D eigenvalue weighted by Gasteiger charge is 2.25. The van der Waals surface area contributed by atoms with Crippen LogP contribution in [0.25, 0.3) is 0 Å². The molecule has 0 aliphatic carbocycles. The van der Waals surface area contributed by atoms with Crippen molar-refractivity contribution < 1.29 is 14.2 Å². The lowest BCUT2D eigenvalue weighted by Gasteiger charge is -2.08. The van der Waals surface area contributed by atoms with Gasteiger partial charge in [-0.2, -0.15) is 0 Å². The van der Waals surface area contributed by atoms with Gasteiger partial charge in [0.25, 0.3) is 0 Å². The van der Waals surface area contributed by atoms with Gasteiger partial charge in [0.1, 0.15) is 0 Å². The van der Waals surface area contributed by atoms with E-state index >= 15 is 0 Å². The van der Waals surface area contributed by atoms with Crippen molar-refractivity contribution in [3.8, 4) is 0 Å². The van der Waals surface area contributed by atoms with E-state index in [1.165, 1.54) is 0 Å². The SMILES string of the molecule is CCCO[C@@H]1C[C@H](OC)CO1. The standard InChI is InChI=1S/C8H16O3/c1-3-4-10-8-5-7(9-2)6-11-8/h7-8H,3-6H2,1-2H3/t7-,8-/m0/s1. The van der Waals surface area contributed by atoms with E-state index in [-0.39, 0.29) is 12.4 Å². The van der Waals surface area contributed by atoms with Crippen LogP contribution >= 0.6 is 0 Å². The normalized spacial score (nSPS) is 31.1. The molecule has 1 saturated heterocycles. The Balaban J connectivity index is 2.09. The Morgan fingerprint density at radius 2 is 2.36 bits per heavy atom. The van der Waals surface area contributed by atoms with Crippen LogP contribution in [0.1, 0.15) is 19.8 Å². The van der Waals surface area contributed by atoms with Gasteiger partial charge in [0.2, 0.25) is 0 Å². The van der Waals surface area contributed by atoms with Crippen LogP contribution in [0.2, 0.25) is 0 Å². The molecule has 11 heavy (non-hydrogen) atoms. The largest absolute Gasteiger partial charge is 0.379 e. The van der Waals surface area contributed by atoms with Gasteiger partial charge in [0, 0.05) is 20.1 Å². The average molecular weight is 160 g/mol. The van der Waals surface area contributed by atoms with Crippen molar-refractivity contribution in [2.24, 2.45) is 0 Å². The van der Waals surface area contributed by atoms with E-state index in [9.17, 15) is 0 Å². The molecule has 1 aliphatic heterocycles. The summed E-state index contributed by atoms with van der Waals surface area (Å²) in [4.78, 5) is 0. The minimum absolute atomic E-state index is 0.0279. The summed E-state index contributed by atoms with van der Waals surface area (Å²) in [6.45, 7) is 3.54. The number of hydrogen-bond donors (Lipinski definition) is 0. The molecule has 1 heterocycles. The minimum Gasteiger partial charge on any atom is -0.379 e. The fraction of sp³-hybridized carbons (Fsp3) is 1.00. The van der Waals surface area contributed by atoms with Crippen LogP contribution < -0.4 is 0 Å². The lowest BCUT2D eigenvalue weighted by atomic mass is 10.3. The third-order valence-corrected chi connectivity index (χ3v) is 1.76. The van der Waals surface area contributed by atoms with E-state index in [0.29, 0.717) is 6.61 Å². The van der Waals surface area contributed by atoms with E-state index < -0.39 is 0 Å². The van der Waals surface area contributed by atoms with Crippen LogP contribution in [0.15, 0.2) is 0 Å². The third-order valence-electron chi connectivity index (χ3n) is 1.76. The zero-order valence-corrected chi connectivity index (χ0v) is 7.21. The first kappa shape index (κ1) is 8.97. The molecule has 3 nitrogen and oxygen atoms in total. The molecule has 0 unspecified atom stereocenters. The van der Waals surface area contributed by atoms with Crippen molar-refractivity contribution in [3.05, 3.63) is 0 Å². The van der Waals surface area contributed by atoms with Crippen LogP contribution in [0.4, 0.5) is 0 Å². The van der Waals surface area contributed by atoms with Gasteiger partial charge in [-0.05, 0) is 6.42 Å². The molecule has 0 spiro atoms. The highest BCUT2D eigenvalue weighted by Crippen LogP contribution is 2.16. The smallest absolute Gasteiger partial charge is 0.160 e. The van der Waals surface area contributed by atoms with Crippen LogP contribution in [-0.4, -0.2) is 32.7 Å². The van der Waals surface area contributed by atoms with Crippen LogP contribution in [0.5, 0.6) is 0 Å². The molecule has 0 N–H and O–H groups in total. The van der Waals surface area contributed by atoms with Crippen molar-refractivity contribution in [2.75, 3.05) is 20.3 Å². The van der Waals surface area contributed by atoms with E-state index in [1.807, 2.05) is 0 Å². The maximum Gasteiger partial charge on any atom is 0.160 e. The monoisotopic (exact) mass is 160 g/mol. The number of hydrogen-bond acceptors (Lipinski definition) is 3. The van der Waals surface area contributed by atoms with Gasteiger partial charge in [-0.1, -0.05) is 6.92 Å². The molecule has 2 atom stereocenters. The molecule has 1 rings (SSSR count). The van der Waals surface area contributed by atoms with Gasteiger partial charge in [-0.15, -0.1) is 0 Å². The maximum absolute atomic E-state index is 5.38. The Bertz CT molecular complexity index is 106. The van der Waals surface area contributed by atoms with Crippen molar-refractivity contribution in [2.45, 2.75) is 32.2 Å². The molecule has 66 valence electrons. The summed E-state index contributed by atoms with van der Waals surface area (Å²) < 4.78 is 15.8. The van der Waals surface area contributed by atoms with Gasteiger partial charge in [0.15, 0.2) is 6.29 Å². The van der Waals surface area contributed by atoms with E-state index in [0.717, 1.165) is 19.4 Å². The third kappa shape index (κ3) is 2.77. The predicted molar refractivity (Wildman–Crippen MR) is 41.4 cm³/mol. The van der Waals surface area contributed by atoms with Gasteiger partial charge in [-0.3, -0.25) is 0 Å². The van der Waals surface area contributed by atoms with Crippen molar-refractivity contribution in [3.63, 3.8) is 0 Å². The first-order valence-electron chi connectivity index (χ1n) is 4.12. The molecule has 3 heteroatoms. The topological polar surface area (TPSA) is 27.7 Å².